The molecule has 3 amide bonds. The highest BCUT2D eigenvalue weighted by molar-refractivity contribution is 7.99. The normalized spacial score (nSPS) is 10.4. The first-order valence-electron chi connectivity index (χ1n) is 8.48. The number of nitrogens with one attached hydrogen (secondary N) is 2. The summed E-state index contributed by atoms with van der Waals surface area (Å²) in [6.07, 6.45) is 1.08. The van der Waals surface area contributed by atoms with Crippen LogP contribution in [0.3, 0.4) is 0 Å². The van der Waals surface area contributed by atoms with Gasteiger partial charge in [-0.3, -0.25) is 4.79 Å². The number of amides is 3. The fourth-order valence-electron chi connectivity index (χ4n) is 2.12. The van der Waals surface area contributed by atoms with Crippen molar-refractivity contribution in [2.45, 2.75) is 22.6 Å². The van der Waals surface area contributed by atoms with Crippen molar-refractivity contribution in [2.75, 3.05) is 23.4 Å². The van der Waals surface area contributed by atoms with Gasteiger partial charge in [-0.05, 0) is 48.6 Å². The molecule has 0 aromatic heterocycles. The van der Waals surface area contributed by atoms with Crippen LogP contribution in [0.5, 0.6) is 0 Å². The Bertz CT molecular complexity index is 757. The van der Waals surface area contributed by atoms with Crippen LogP contribution in [0.1, 0.15) is 12.8 Å². The van der Waals surface area contributed by atoms with Crippen LogP contribution < -0.4 is 16.4 Å². The standard InChI is InChI=1S/C19H22FN3O2S2/c20-14-6-8-15(9-7-14)26-12-3-11-22-19(25)23-16-4-1-2-5-17(16)27-13-10-18(21)24/h1-2,4-9H,3,10-13H2,(H2,21,24)(H2,22,23,25). The molecule has 0 aliphatic heterocycles. The van der Waals surface area contributed by atoms with Crippen LogP contribution in [0.4, 0.5) is 14.9 Å². The highest BCUT2D eigenvalue weighted by Gasteiger charge is 2.07. The molecular weight excluding hydrogens is 385 g/mol. The molecule has 8 heteroatoms. The van der Waals surface area contributed by atoms with Gasteiger partial charge >= 0.3 is 6.03 Å². The Morgan fingerprint density at radius 3 is 2.48 bits per heavy atom. The summed E-state index contributed by atoms with van der Waals surface area (Å²) in [5.74, 6) is 0.803. The third-order valence-electron chi connectivity index (χ3n) is 3.43. The van der Waals surface area contributed by atoms with Crippen LogP contribution in [0.2, 0.25) is 0 Å². The number of primary amides is 1. The van der Waals surface area contributed by atoms with Crippen molar-refractivity contribution in [2.24, 2.45) is 5.73 Å². The van der Waals surface area contributed by atoms with Gasteiger partial charge in [-0.15, -0.1) is 23.5 Å². The third-order valence-corrected chi connectivity index (χ3v) is 5.60. The molecule has 5 nitrogen and oxygen atoms in total. The fraction of sp³-hybridized carbons (Fsp3) is 0.263. The van der Waals surface area contributed by atoms with Crippen LogP contribution in [-0.4, -0.2) is 30.0 Å². The second kappa shape index (κ2) is 11.5. The predicted molar refractivity (Wildman–Crippen MR) is 110 cm³/mol. The first-order chi connectivity index (χ1) is 13.0. The number of rotatable bonds is 10. The second-order valence-corrected chi connectivity index (χ2v) is 7.90. The lowest BCUT2D eigenvalue weighted by molar-refractivity contribution is -0.117. The van der Waals surface area contributed by atoms with Crippen LogP contribution in [0, 0.1) is 5.82 Å². The van der Waals surface area contributed by atoms with E-state index in [0.717, 1.165) is 22.0 Å². The molecule has 0 atom stereocenters. The molecule has 0 spiro atoms. The van der Waals surface area contributed by atoms with Crippen molar-refractivity contribution in [3.05, 3.63) is 54.3 Å². The van der Waals surface area contributed by atoms with E-state index >= 15 is 0 Å². The largest absolute Gasteiger partial charge is 0.370 e. The number of carbonyl (C=O) groups excluding carboxylic acids is 2. The SMILES string of the molecule is NC(=O)CCSc1ccccc1NC(=O)NCCCSc1ccc(F)cc1. The predicted octanol–water partition coefficient (Wildman–Crippen LogP) is 4.10. The van der Waals surface area contributed by atoms with Gasteiger partial charge in [0.25, 0.3) is 0 Å². The number of hydrogen-bond acceptors (Lipinski definition) is 4. The van der Waals surface area contributed by atoms with Gasteiger partial charge in [0.2, 0.25) is 5.91 Å². The minimum atomic E-state index is -0.343. The first-order valence-corrected chi connectivity index (χ1v) is 10.4. The van der Waals surface area contributed by atoms with Crippen molar-refractivity contribution in [1.29, 1.82) is 0 Å². The minimum Gasteiger partial charge on any atom is -0.370 e. The zero-order valence-electron chi connectivity index (χ0n) is 14.7. The molecule has 4 N–H and O–H groups in total. The Balaban J connectivity index is 1.69. The monoisotopic (exact) mass is 407 g/mol. The van der Waals surface area contributed by atoms with Crippen LogP contribution in [-0.2, 0) is 4.79 Å². The van der Waals surface area contributed by atoms with Crippen LogP contribution in [0.15, 0.2) is 58.3 Å². The summed E-state index contributed by atoms with van der Waals surface area (Å²) in [4.78, 5) is 24.8. The topological polar surface area (TPSA) is 84.2 Å². The van der Waals surface area contributed by atoms with Gasteiger partial charge in [-0.1, -0.05) is 12.1 Å². The highest BCUT2D eigenvalue weighted by Crippen LogP contribution is 2.27. The van der Waals surface area contributed by atoms with Gasteiger partial charge in [0.05, 0.1) is 5.69 Å². The Morgan fingerprint density at radius 1 is 1.00 bits per heavy atom. The van der Waals surface area contributed by atoms with Gasteiger partial charge in [-0.25, -0.2) is 9.18 Å². The summed E-state index contributed by atoms with van der Waals surface area (Å²) in [7, 11) is 0. The second-order valence-electron chi connectivity index (χ2n) is 5.60. The van der Waals surface area contributed by atoms with E-state index < -0.39 is 0 Å². The molecule has 0 bridgehead atoms. The summed E-state index contributed by atoms with van der Waals surface area (Å²) in [6.45, 7) is 0.539. The quantitative estimate of drug-likeness (QED) is 0.409. The fourth-order valence-corrected chi connectivity index (χ4v) is 3.94. The average molecular weight is 408 g/mol. The molecular formula is C19H22FN3O2S2. The van der Waals surface area contributed by atoms with Crippen LogP contribution >= 0.6 is 23.5 Å². The van der Waals surface area contributed by atoms with Crippen molar-refractivity contribution in [3.8, 4) is 0 Å². The zero-order chi connectivity index (χ0) is 19.5. The zero-order valence-corrected chi connectivity index (χ0v) is 16.4. The average Bonchev–Trinajstić information content (AvgIpc) is 2.64. The number of halogens is 1. The summed E-state index contributed by atoms with van der Waals surface area (Å²) < 4.78 is 12.8. The van der Waals surface area contributed by atoms with Crippen molar-refractivity contribution in [3.63, 3.8) is 0 Å². The molecule has 27 heavy (non-hydrogen) atoms. The molecule has 0 heterocycles. The van der Waals surface area contributed by atoms with Gasteiger partial charge in [0, 0.05) is 28.5 Å². The maximum absolute atomic E-state index is 12.8. The lowest BCUT2D eigenvalue weighted by Crippen LogP contribution is -2.30. The van der Waals surface area contributed by atoms with Crippen molar-refractivity contribution in [1.82, 2.24) is 5.32 Å². The van der Waals surface area contributed by atoms with E-state index in [1.54, 1.807) is 23.9 Å². The molecule has 2 rings (SSSR count). The number of urea groups is 1. The molecule has 0 aliphatic carbocycles. The summed E-state index contributed by atoms with van der Waals surface area (Å²) >= 11 is 3.09. The molecule has 2 aromatic rings. The number of thioether (sulfide) groups is 2. The number of carbonyl (C=O) groups is 2. The molecule has 2 aromatic carbocycles. The lowest BCUT2D eigenvalue weighted by atomic mass is 10.3. The molecule has 0 fully saturated rings. The Hall–Kier alpha value is -2.19. The van der Waals surface area contributed by atoms with Gasteiger partial charge in [-0.2, -0.15) is 0 Å². The maximum atomic E-state index is 12.8. The number of para-hydroxylation sites is 1. The van der Waals surface area contributed by atoms with Crippen molar-refractivity contribution >= 4 is 41.1 Å². The number of benzene rings is 2. The number of hydrogen-bond donors (Lipinski definition) is 3. The lowest BCUT2D eigenvalue weighted by Gasteiger charge is -2.11. The van der Waals surface area contributed by atoms with E-state index in [-0.39, 0.29) is 24.2 Å². The highest BCUT2D eigenvalue weighted by atomic mass is 32.2. The Kier molecular flexibility index (Phi) is 9.00. The smallest absolute Gasteiger partial charge is 0.319 e. The summed E-state index contributed by atoms with van der Waals surface area (Å²) in [5, 5.41) is 5.65. The van der Waals surface area contributed by atoms with E-state index in [9.17, 15) is 14.0 Å². The molecule has 0 saturated heterocycles. The first kappa shape index (κ1) is 21.1. The van der Waals surface area contributed by atoms with Crippen LogP contribution in [0.25, 0.3) is 0 Å². The van der Waals surface area contributed by atoms with Crippen molar-refractivity contribution < 1.29 is 14.0 Å². The van der Waals surface area contributed by atoms with Gasteiger partial charge < -0.3 is 16.4 Å². The number of nitrogens with two attached hydrogens (primary N) is 1. The molecule has 0 saturated carbocycles. The van der Waals surface area contributed by atoms with E-state index in [4.69, 9.17) is 5.73 Å². The minimum absolute atomic E-state index is 0.245. The summed E-state index contributed by atoms with van der Waals surface area (Å²) in [5.41, 5.74) is 5.85. The van der Waals surface area contributed by atoms with E-state index in [1.807, 2.05) is 24.3 Å². The number of anilines is 1. The third kappa shape index (κ3) is 8.36. The Labute approximate surface area is 166 Å². The van der Waals surface area contributed by atoms with Gasteiger partial charge in [0.15, 0.2) is 0 Å². The maximum Gasteiger partial charge on any atom is 0.319 e. The molecule has 0 aliphatic rings. The molecule has 0 unspecified atom stereocenters. The van der Waals surface area contributed by atoms with E-state index in [0.29, 0.717) is 18.0 Å². The van der Waals surface area contributed by atoms with Gasteiger partial charge in [0.1, 0.15) is 5.82 Å². The Morgan fingerprint density at radius 2 is 1.74 bits per heavy atom. The molecule has 144 valence electrons. The molecule has 0 radical (unpaired) electrons. The van der Waals surface area contributed by atoms with E-state index in [1.165, 1.54) is 23.9 Å². The summed E-state index contributed by atoms with van der Waals surface area (Å²) in [6, 6.07) is 13.5. The van der Waals surface area contributed by atoms with E-state index in [2.05, 4.69) is 10.6 Å².